The van der Waals surface area contributed by atoms with Crippen LogP contribution in [-0.2, 0) is 16.1 Å². The third-order valence-electron chi connectivity index (χ3n) is 5.28. The highest BCUT2D eigenvalue weighted by atomic mass is 32.1. The molecule has 2 aromatic heterocycles. The topological polar surface area (TPSA) is 127 Å². The van der Waals surface area contributed by atoms with Crippen LogP contribution in [0.25, 0.3) is 0 Å². The summed E-state index contributed by atoms with van der Waals surface area (Å²) in [4.78, 5) is 56.1. The summed E-state index contributed by atoms with van der Waals surface area (Å²) in [7, 11) is 1.54. The van der Waals surface area contributed by atoms with E-state index in [1.165, 1.54) is 27.9 Å². The highest BCUT2D eigenvalue weighted by molar-refractivity contribution is 7.14. The van der Waals surface area contributed by atoms with E-state index in [4.69, 9.17) is 10.5 Å². The Labute approximate surface area is 200 Å². The average molecular weight is 485 g/mol. The first-order valence-electron chi connectivity index (χ1n) is 10.9. The number of carbonyl (C=O) groups excluding carboxylic acids is 2. The molecule has 9 nitrogen and oxygen atoms in total. The van der Waals surface area contributed by atoms with Crippen LogP contribution in [0.1, 0.15) is 39.4 Å². The van der Waals surface area contributed by atoms with Gasteiger partial charge in [0.2, 0.25) is 5.91 Å². The summed E-state index contributed by atoms with van der Waals surface area (Å²) in [5.41, 5.74) is 5.57. The lowest BCUT2D eigenvalue weighted by Crippen LogP contribution is -2.42. The van der Waals surface area contributed by atoms with E-state index in [1.807, 2.05) is 43.3 Å². The quantitative estimate of drug-likeness (QED) is 0.318. The molecule has 0 aliphatic heterocycles. The molecule has 0 bridgehead atoms. The summed E-state index contributed by atoms with van der Waals surface area (Å²) in [5, 5.41) is 0. The molecule has 3 rings (SSSR count). The molecular weight excluding hydrogens is 456 g/mol. The number of Topliss-reactive ketones (excluding diaryl/α,β-unsaturated/α-hetero) is 1. The van der Waals surface area contributed by atoms with Gasteiger partial charge in [0.1, 0.15) is 5.82 Å². The number of aryl methyl sites for hydroxylation is 1. The highest BCUT2D eigenvalue weighted by Crippen LogP contribution is 2.21. The number of H-pyrrole nitrogens is 1. The number of ether oxygens (including phenoxy) is 1. The summed E-state index contributed by atoms with van der Waals surface area (Å²) < 4.78 is 6.31. The Balaban J connectivity index is 1.90. The number of amides is 1. The van der Waals surface area contributed by atoms with Gasteiger partial charge in [-0.05, 0) is 31.0 Å². The molecule has 1 aromatic carbocycles. The number of nitrogen functional groups attached to an aromatic ring is 1. The highest BCUT2D eigenvalue weighted by Gasteiger charge is 2.25. The maximum atomic E-state index is 13.2. The molecule has 180 valence electrons. The molecule has 34 heavy (non-hydrogen) atoms. The Bertz CT molecular complexity index is 1260. The van der Waals surface area contributed by atoms with Crippen LogP contribution in [0, 0.1) is 6.92 Å². The molecule has 0 fully saturated rings. The van der Waals surface area contributed by atoms with Crippen molar-refractivity contribution in [2.24, 2.45) is 0 Å². The molecule has 0 aliphatic carbocycles. The van der Waals surface area contributed by atoms with E-state index in [9.17, 15) is 19.2 Å². The van der Waals surface area contributed by atoms with E-state index in [1.54, 1.807) is 6.07 Å². The molecular formula is C24H28N4O5S. The molecule has 10 heteroatoms. The van der Waals surface area contributed by atoms with Gasteiger partial charge in [0.25, 0.3) is 5.56 Å². The predicted octanol–water partition coefficient (Wildman–Crippen LogP) is 2.57. The van der Waals surface area contributed by atoms with Crippen molar-refractivity contribution in [3.63, 3.8) is 0 Å². The second-order valence-corrected chi connectivity index (χ2v) is 9.08. The van der Waals surface area contributed by atoms with E-state index in [2.05, 4.69) is 4.98 Å². The van der Waals surface area contributed by atoms with Gasteiger partial charge in [0.15, 0.2) is 11.5 Å². The second kappa shape index (κ2) is 11.6. The van der Waals surface area contributed by atoms with Crippen LogP contribution in [0.4, 0.5) is 11.5 Å². The Morgan fingerprint density at radius 3 is 2.50 bits per heavy atom. The largest absolute Gasteiger partial charge is 0.385 e. The van der Waals surface area contributed by atoms with Gasteiger partial charge >= 0.3 is 5.69 Å². The molecule has 0 spiro atoms. The maximum Gasteiger partial charge on any atom is 0.330 e. The number of methoxy groups -OCH3 is 1. The second-order valence-electron chi connectivity index (χ2n) is 7.79. The number of anilines is 2. The van der Waals surface area contributed by atoms with Gasteiger partial charge in [-0.25, -0.2) is 4.79 Å². The monoisotopic (exact) mass is 484 g/mol. The van der Waals surface area contributed by atoms with E-state index in [0.29, 0.717) is 17.9 Å². The van der Waals surface area contributed by atoms with E-state index in [0.717, 1.165) is 10.4 Å². The third kappa shape index (κ3) is 6.09. The molecule has 0 radical (unpaired) electrons. The molecule has 3 aromatic rings. The molecule has 0 saturated heterocycles. The zero-order valence-electron chi connectivity index (χ0n) is 19.2. The summed E-state index contributed by atoms with van der Waals surface area (Å²) in [6, 6.07) is 12.8. The number of carbonyl (C=O) groups is 2. The number of aromatic nitrogens is 2. The third-order valence-corrected chi connectivity index (χ3v) is 6.32. The van der Waals surface area contributed by atoms with E-state index in [-0.39, 0.29) is 43.2 Å². The van der Waals surface area contributed by atoms with Gasteiger partial charge in [0.05, 0.1) is 11.4 Å². The fourth-order valence-corrected chi connectivity index (χ4v) is 4.39. The first-order chi connectivity index (χ1) is 16.3. The lowest BCUT2D eigenvalue weighted by atomic mass is 10.1. The number of hydrogen-bond acceptors (Lipinski definition) is 7. The van der Waals surface area contributed by atoms with Gasteiger partial charge in [-0.1, -0.05) is 30.3 Å². The summed E-state index contributed by atoms with van der Waals surface area (Å²) >= 11 is 1.37. The lowest BCUT2D eigenvalue weighted by molar-refractivity contribution is -0.118. The summed E-state index contributed by atoms with van der Waals surface area (Å²) in [6.45, 7) is 2.55. The number of thiophene rings is 1. The Morgan fingerprint density at radius 2 is 1.85 bits per heavy atom. The fourth-order valence-electron chi connectivity index (χ4n) is 3.55. The lowest BCUT2D eigenvalue weighted by Gasteiger charge is -2.24. The maximum absolute atomic E-state index is 13.2. The van der Waals surface area contributed by atoms with Crippen LogP contribution in [-0.4, -0.2) is 41.5 Å². The zero-order chi connectivity index (χ0) is 24.7. The molecule has 0 saturated carbocycles. The first-order valence-corrected chi connectivity index (χ1v) is 11.7. The van der Waals surface area contributed by atoms with Crippen molar-refractivity contribution >= 4 is 34.5 Å². The van der Waals surface area contributed by atoms with E-state index < -0.39 is 17.2 Å². The van der Waals surface area contributed by atoms with Crippen LogP contribution in [0.3, 0.4) is 0 Å². The number of benzene rings is 1. The number of rotatable bonds is 11. The van der Waals surface area contributed by atoms with Crippen molar-refractivity contribution in [2.45, 2.75) is 32.7 Å². The summed E-state index contributed by atoms with van der Waals surface area (Å²) in [5.74, 6) is -0.678. The molecule has 0 atom stereocenters. The number of nitrogens with two attached hydrogens (primary N) is 1. The molecule has 0 unspecified atom stereocenters. The van der Waals surface area contributed by atoms with Crippen molar-refractivity contribution < 1.29 is 14.3 Å². The van der Waals surface area contributed by atoms with Crippen molar-refractivity contribution in [1.82, 2.24) is 9.55 Å². The molecule has 2 heterocycles. The summed E-state index contributed by atoms with van der Waals surface area (Å²) in [6.07, 6.45) is 0.345. The number of hydrogen-bond donors (Lipinski definition) is 2. The molecule has 0 aliphatic rings. The SMILES string of the molecule is COCCCN(C(=O)CCC(=O)c1ccc(C)s1)c1c(N)n(Cc2ccccc2)c(=O)[nH]c1=O. The number of nitrogens with one attached hydrogen (secondary N) is 1. The number of ketones is 1. The first kappa shape index (κ1) is 25.1. The normalized spacial score (nSPS) is 10.9. The van der Waals surface area contributed by atoms with Crippen LogP contribution in [0.15, 0.2) is 52.1 Å². The Hall–Kier alpha value is -3.50. The van der Waals surface area contributed by atoms with Crippen molar-refractivity contribution in [3.05, 3.63) is 78.6 Å². The van der Waals surface area contributed by atoms with Gasteiger partial charge in [0, 0.05) is 38.0 Å². The van der Waals surface area contributed by atoms with Crippen molar-refractivity contribution in [3.8, 4) is 0 Å². The standard InChI is InChI=1S/C24H28N4O5S/c1-16-9-11-19(34-16)18(29)10-12-20(30)27(13-6-14-33-2)21-22(25)28(24(32)26-23(21)31)15-17-7-4-3-5-8-17/h3-5,7-9,11H,6,10,12-15,25H2,1-2H3,(H,26,31,32). The zero-order valence-corrected chi connectivity index (χ0v) is 20.0. The Kier molecular flexibility index (Phi) is 8.55. The predicted molar refractivity (Wildman–Crippen MR) is 133 cm³/mol. The van der Waals surface area contributed by atoms with Crippen molar-refractivity contribution in [2.75, 3.05) is 30.9 Å². The van der Waals surface area contributed by atoms with Crippen LogP contribution >= 0.6 is 11.3 Å². The van der Waals surface area contributed by atoms with Crippen LogP contribution in [0.2, 0.25) is 0 Å². The van der Waals surface area contributed by atoms with Gasteiger partial charge in [-0.15, -0.1) is 11.3 Å². The minimum Gasteiger partial charge on any atom is -0.385 e. The van der Waals surface area contributed by atoms with E-state index >= 15 is 0 Å². The van der Waals surface area contributed by atoms with Gasteiger partial charge in [-0.3, -0.25) is 23.9 Å². The average Bonchev–Trinajstić information content (AvgIpc) is 3.26. The van der Waals surface area contributed by atoms with Crippen LogP contribution in [0.5, 0.6) is 0 Å². The van der Waals surface area contributed by atoms with Gasteiger partial charge < -0.3 is 15.4 Å². The molecule has 1 amide bonds. The number of nitrogens with zero attached hydrogens (tertiary/aromatic N) is 2. The number of aromatic amines is 1. The van der Waals surface area contributed by atoms with Gasteiger partial charge in [-0.2, -0.15) is 0 Å². The van der Waals surface area contributed by atoms with Crippen LogP contribution < -0.4 is 21.9 Å². The molecule has 3 N–H and O–H groups in total. The fraction of sp³-hybridized carbons (Fsp3) is 0.333. The smallest absolute Gasteiger partial charge is 0.330 e. The Morgan fingerprint density at radius 1 is 1.12 bits per heavy atom. The minimum absolute atomic E-state index is 0.00102. The van der Waals surface area contributed by atoms with Crippen molar-refractivity contribution in [1.29, 1.82) is 0 Å². The minimum atomic E-state index is -0.752.